The Morgan fingerprint density at radius 1 is 1.65 bits per heavy atom. The molecule has 1 unspecified atom stereocenters. The lowest BCUT2D eigenvalue weighted by Crippen LogP contribution is -2.23. The smallest absolute Gasteiger partial charge is 0.293 e. The number of benzene rings is 1. The molecule has 1 aromatic rings. The molecule has 0 aliphatic heterocycles. The molecule has 0 heterocycles. The quantitative estimate of drug-likeness (QED) is 0.633. The molecule has 5 nitrogen and oxygen atoms in total. The number of halogens is 1. The van der Waals surface area contributed by atoms with Gasteiger partial charge in [0.25, 0.3) is 5.69 Å². The molecule has 0 aromatic heterocycles. The third-order valence-corrected chi connectivity index (χ3v) is 2.81. The molecule has 0 aliphatic carbocycles. The number of nitriles is 1. The zero-order valence-electron chi connectivity index (χ0n) is 9.55. The number of hydrogen-bond donors (Lipinski definition) is 0. The Labute approximate surface area is 108 Å². The van der Waals surface area contributed by atoms with Crippen LogP contribution in [0.25, 0.3) is 0 Å². The fourth-order valence-electron chi connectivity index (χ4n) is 1.52. The highest BCUT2D eigenvalue weighted by atomic mass is 79.9. The van der Waals surface area contributed by atoms with E-state index in [1.54, 1.807) is 31.0 Å². The molecule has 17 heavy (non-hydrogen) atoms. The van der Waals surface area contributed by atoms with Gasteiger partial charge >= 0.3 is 0 Å². The van der Waals surface area contributed by atoms with Crippen molar-refractivity contribution in [3.63, 3.8) is 0 Å². The van der Waals surface area contributed by atoms with E-state index in [1.165, 1.54) is 6.07 Å². The predicted octanol–water partition coefficient (Wildman–Crippen LogP) is 2.95. The number of nitro groups is 1. The van der Waals surface area contributed by atoms with Crippen LogP contribution in [0.2, 0.25) is 0 Å². The SMILES string of the molecule is CC(C#N)CN(C)c1ccc(Br)cc1[N+](=O)[O-]. The normalized spacial score (nSPS) is 11.6. The van der Waals surface area contributed by atoms with E-state index in [4.69, 9.17) is 5.26 Å². The Morgan fingerprint density at radius 2 is 2.29 bits per heavy atom. The van der Waals surface area contributed by atoms with E-state index in [0.29, 0.717) is 16.7 Å². The summed E-state index contributed by atoms with van der Waals surface area (Å²) in [5, 5.41) is 19.7. The Morgan fingerprint density at radius 3 is 2.82 bits per heavy atom. The number of nitrogens with zero attached hydrogens (tertiary/aromatic N) is 3. The van der Waals surface area contributed by atoms with E-state index in [-0.39, 0.29) is 11.6 Å². The van der Waals surface area contributed by atoms with Crippen LogP contribution in [0.4, 0.5) is 11.4 Å². The molecule has 1 aromatic carbocycles. The molecule has 0 bridgehead atoms. The third kappa shape index (κ3) is 3.43. The molecule has 0 spiro atoms. The maximum Gasteiger partial charge on any atom is 0.293 e. The monoisotopic (exact) mass is 297 g/mol. The lowest BCUT2D eigenvalue weighted by Gasteiger charge is -2.20. The molecule has 90 valence electrons. The maximum absolute atomic E-state index is 10.9. The first-order chi connectivity index (χ1) is 7.95. The summed E-state index contributed by atoms with van der Waals surface area (Å²) in [6, 6.07) is 6.98. The molecule has 0 saturated heterocycles. The first kappa shape index (κ1) is 13.5. The summed E-state index contributed by atoms with van der Waals surface area (Å²) in [5.41, 5.74) is 0.548. The van der Waals surface area contributed by atoms with Gasteiger partial charge < -0.3 is 4.90 Å². The highest BCUT2D eigenvalue weighted by molar-refractivity contribution is 9.10. The van der Waals surface area contributed by atoms with Crippen LogP contribution >= 0.6 is 15.9 Å². The van der Waals surface area contributed by atoms with Crippen molar-refractivity contribution in [3.8, 4) is 6.07 Å². The summed E-state index contributed by atoms with van der Waals surface area (Å²) >= 11 is 3.20. The van der Waals surface area contributed by atoms with Crippen LogP contribution in [-0.4, -0.2) is 18.5 Å². The van der Waals surface area contributed by atoms with Gasteiger partial charge in [-0.15, -0.1) is 0 Å². The third-order valence-electron chi connectivity index (χ3n) is 2.31. The maximum atomic E-state index is 10.9. The molecular weight excluding hydrogens is 286 g/mol. The lowest BCUT2D eigenvalue weighted by atomic mass is 10.2. The van der Waals surface area contributed by atoms with Crippen molar-refractivity contribution in [2.24, 2.45) is 5.92 Å². The fourth-order valence-corrected chi connectivity index (χ4v) is 1.86. The summed E-state index contributed by atoms with van der Waals surface area (Å²) in [6.07, 6.45) is 0. The highest BCUT2D eigenvalue weighted by Crippen LogP contribution is 2.30. The van der Waals surface area contributed by atoms with Gasteiger partial charge in [-0.2, -0.15) is 5.26 Å². The van der Waals surface area contributed by atoms with Crippen LogP contribution in [-0.2, 0) is 0 Å². The number of anilines is 1. The Kier molecular flexibility index (Phi) is 4.46. The first-order valence-electron chi connectivity index (χ1n) is 5.00. The lowest BCUT2D eigenvalue weighted by molar-refractivity contribution is -0.384. The highest BCUT2D eigenvalue weighted by Gasteiger charge is 2.18. The molecule has 0 aliphatic rings. The van der Waals surface area contributed by atoms with E-state index in [1.807, 2.05) is 0 Å². The summed E-state index contributed by atoms with van der Waals surface area (Å²) in [4.78, 5) is 12.2. The Balaban J connectivity index is 3.05. The van der Waals surface area contributed by atoms with E-state index < -0.39 is 4.92 Å². The predicted molar refractivity (Wildman–Crippen MR) is 68.8 cm³/mol. The largest absolute Gasteiger partial charge is 0.368 e. The van der Waals surface area contributed by atoms with Crippen LogP contribution in [0.3, 0.4) is 0 Å². The standard InChI is InChI=1S/C11H12BrN3O2/c1-8(6-13)7-14(2)10-4-3-9(12)5-11(10)15(16)17/h3-5,8H,7H2,1-2H3. The van der Waals surface area contributed by atoms with Gasteiger partial charge in [-0.25, -0.2) is 0 Å². The number of nitro benzene ring substituents is 1. The minimum Gasteiger partial charge on any atom is -0.368 e. The molecule has 0 fully saturated rings. The molecule has 0 N–H and O–H groups in total. The number of rotatable bonds is 4. The zero-order chi connectivity index (χ0) is 13.0. The van der Waals surface area contributed by atoms with Crippen molar-refractivity contribution in [2.45, 2.75) is 6.92 Å². The van der Waals surface area contributed by atoms with E-state index in [0.717, 1.165) is 0 Å². The van der Waals surface area contributed by atoms with Crippen LogP contribution in [0.15, 0.2) is 22.7 Å². The molecular formula is C11H12BrN3O2. The van der Waals surface area contributed by atoms with Crippen LogP contribution in [0, 0.1) is 27.4 Å². The molecule has 1 atom stereocenters. The van der Waals surface area contributed by atoms with Crippen molar-refractivity contribution in [2.75, 3.05) is 18.5 Å². The van der Waals surface area contributed by atoms with Crippen molar-refractivity contribution >= 4 is 27.3 Å². The summed E-state index contributed by atoms with van der Waals surface area (Å²) in [7, 11) is 1.74. The molecule has 0 amide bonds. The van der Waals surface area contributed by atoms with Crippen LogP contribution in [0.1, 0.15) is 6.92 Å². The van der Waals surface area contributed by atoms with Gasteiger partial charge in [0.15, 0.2) is 0 Å². The molecule has 0 radical (unpaired) electrons. The van der Waals surface area contributed by atoms with Crippen molar-refractivity contribution in [1.29, 1.82) is 5.26 Å². The van der Waals surface area contributed by atoms with Crippen LogP contribution < -0.4 is 4.90 Å². The van der Waals surface area contributed by atoms with Gasteiger partial charge in [0, 0.05) is 24.1 Å². The Bertz CT molecular complexity index is 470. The fraction of sp³-hybridized carbons (Fsp3) is 0.364. The number of hydrogen-bond acceptors (Lipinski definition) is 4. The minimum absolute atomic E-state index is 0.0343. The summed E-state index contributed by atoms with van der Waals surface area (Å²) in [6.45, 7) is 2.24. The van der Waals surface area contributed by atoms with Gasteiger partial charge in [0.1, 0.15) is 5.69 Å². The average molecular weight is 298 g/mol. The van der Waals surface area contributed by atoms with Crippen LogP contribution in [0.5, 0.6) is 0 Å². The molecule has 6 heteroatoms. The van der Waals surface area contributed by atoms with Gasteiger partial charge in [0.2, 0.25) is 0 Å². The summed E-state index contributed by atoms with van der Waals surface area (Å²) < 4.78 is 0.662. The average Bonchev–Trinajstić information content (AvgIpc) is 2.28. The van der Waals surface area contributed by atoms with E-state index in [9.17, 15) is 10.1 Å². The van der Waals surface area contributed by atoms with Crippen molar-refractivity contribution < 1.29 is 4.92 Å². The van der Waals surface area contributed by atoms with Crippen molar-refractivity contribution in [1.82, 2.24) is 0 Å². The van der Waals surface area contributed by atoms with Gasteiger partial charge in [0.05, 0.1) is 16.9 Å². The second-order valence-electron chi connectivity index (χ2n) is 3.80. The topological polar surface area (TPSA) is 70.2 Å². The van der Waals surface area contributed by atoms with Gasteiger partial charge in [-0.05, 0) is 19.1 Å². The van der Waals surface area contributed by atoms with Crippen molar-refractivity contribution in [3.05, 3.63) is 32.8 Å². The second kappa shape index (κ2) is 5.64. The van der Waals surface area contributed by atoms with Gasteiger partial charge in [-0.3, -0.25) is 10.1 Å². The first-order valence-corrected chi connectivity index (χ1v) is 5.79. The van der Waals surface area contributed by atoms with E-state index >= 15 is 0 Å². The molecule has 1 rings (SSSR count). The van der Waals surface area contributed by atoms with E-state index in [2.05, 4.69) is 22.0 Å². The summed E-state index contributed by atoms with van der Waals surface area (Å²) in [5.74, 6) is -0.178. The second-order valence-corrected chi connectivity index (χ2v) is 4.72. The Hall–Kier alpha value is -1.61. The van der Waals surface area contributed by atoms with Gasteiger partial charge in [-0.1, -0.05) is 15.9 Å². The minimum atomic E-state index is -0.423. The molecule has 0 saturated carbocycles. The zero-order valence-corrected chi connectivity index (χ0v) is 11.1.